The third kappa shape index (κ3) is 2.96. The van der Waals surface area contributed by atoms with Crippen LogP contribution in [0.1, 0.15) is 0 Å². The summed E-state index contributed by atoms with van der Waals surface area (Å²) in [7, 11) is 4.79. The van der Waals surface area contributed by atoms with E-state index in [4.69, 9.17) is 18.6 Å². The van der Waals surface area contributed by atoms with Gasteiger partial charge in [0, 0.05) is 11.1 Å². The van der Waals surface area contributed by atoms with Crippen molar-refractivity contribution in [3.63, 3.8) is 0 Å². The molecule has 6 nitrogen and oxygen atoms in total. The van der Waals surface area contributed by atoms with E-state index >= 15 is 0 Å². The number of nitrogens with zero attached hydrogens (tertiary/aromatic N) is 2. The highest BCUT2D eigenvalue weighted by molar-refractivity contribution is 5.62. The lowest BCUT2D eigenvalue weighted by Crippen LogP contribution is -1.90. The van der Waals surface area contributed by atoms with Gasteiger partial charge in [0.1, 0.15) is 5.75 Å². The maximum Gasteiger partial charge on any atom is 0.248 e. The Hall–Kier alpha value is -3.02. The van der Waals surface area contributed by atoms with Crippen molar-refractivity contribution in [1.29, 1.82) is 0 Å². The number of hydrogen-bond acceptors (Lipinski definition) is 6. The van der Waals surface area contributed by atoms with Crippen molar-refractivity contribution in [1.82, 2.24) is 10.2 Å². The van der Waals surface area contributed by atoms with Gasteiger partial charge in [-0.05, 0) is 42.5 Å². The van der Waals surface area contributed by atoms with Gasteiger partial charge in [0.15, 0.2) is 11.5 Å². The maximum absolute atomic E-state index is 5.74. The lowest BCUT2D eigenvalue weighted by atomic mass is 10.2. The van der Waals surface area contributed by atoms with E-state index in [2.05, 4.69) is 10.2 Å². The Balaban J connectivity index is 1.92. The molecule has 0 bridgehead atoms. The fourth-order valence-corrected chi connectivity index (χ4v) is 2.16. The van der Waals surface area contributed by atoms with Gasteiger partial charge < -0.3 is 18.6 Å². The quantitative estimate of drug-likeness (QED) is 0.719. The van der Waals surface area contributed by atoms with Gasteiger partial charge >= 0.3 is 0 Å². The summed E-state index contributed by atoms with van der Waals surface area (Å²) >= 11 is 0. The van der Waals surface area contributed by atoms with Crippen LogP contribution in [0.5, 0.6) is 17.2 Å². The largest absolute Gasteiger partial charge is 0.497 e. The van der Waals surface area contributed by atoms with Crippen molar-refractivity contribution in [3.8, 4) is 40.2 Å². The second-order valence-electron chi connectivity index (χ2n) is 4.71. The summed E-state index contributed by atoms with van der Waals surface area (Å²) in [5.74, 6) is 2.88. The van der Waals surface area contributed by atoms with Gasteiger partial charge in [-0.15, -0.1) is 10.2 Å². The SMILES string of the molecule is COc1ccc(-c2nnc(-c3ccc(OC)c(OC)c3)o2)cc1. The van der Waals surface area contributed by atoms with Gasteiger partial charge in [-0.25, -0.2) is 0 Å². The fourth-order valence-electron chi connectivity index (χ4n) is 2.16. The lowest BCUT2D eigenvalue weighted by Gasteiger charge is -2.07. The standard InChI is InChI=1S/C17H16N2O4/c1-20-13-7-4-11(5-8-13)16-18-19-17(23-16)12-6-9-14(21-2)15(10-12)22-3/h4-10H,1-3H3. The van der Waals surface area contributed by atoms with Crippen molar-refractivity contribution >= 4 is 0 Å². The summed E-state index contributed by atoms with van der Waals surface area (Å²) < 4.78 is 21.4. The van der Waals surface area contributed by atoms with Gasteiger partial charge in [-0.1, -0.05) is 0 Å². The van der Waals surface area contributed by atoms with Crippen molar-refractivity contribution in [2.45, 2.75) is 0 Å². The van der Waals surface area contributed by atoms with E-state index in [9.17, 15) is 0 Å². The molecule has 1 heterocycles. The summed E-state index contributed by atoms with van der Waals surface area (Å²) in [6.45, 7) is 0. The summed E-state index contributed by atoms with van der Waals surface area (Å²) in [6, 6.07) is 12.9. The smallest absolute Gasteiger partial charge is 0.248 e. The summed E-state index contributed by atoms with van der Waals surface area (Å²) in [6.07, 6.45) is 0. The number of methoxy groups -OCH3 is 3. The first-order valence-corrected chi connectivity index (χ1v) is 6.95. The molecule has 118 valence electrons. The van der Waals surface area contributed by atoms with Crippen LogP contribution in [0.2, 0.25) is 0 Å². The molecule has 0 aliphatic heterocycles. The van der Waals surface area contributed by atoms with E-state index in [-0.39, 0.29) is 0 Å². The molecule has 3 rings (SSSR count). The first kappa shape index (κ1) is 14.9. The zero-order chi connectivity index (χ0) is 16.2. The lowest BCUT2D eigenvalue weighted by molar-refractivity contribution is 0.355. The average molecular weight is 312 g/mol. The van der Waals surface area contributed by atoms with E-state index in [1.165, 1.54) is 0 Å². The average Bonchev–Trinajstić information content (AvgIpc) is 3.11. The van der Waals surface area contributed by atoms with Crippen LogP contribution >= 0.6 is 0 Å². The Labute approximate surface area is 133 Å². The predicted octanol–water partition coefficient (Wildman–Crippen LogP) is 3.43. The zero-order valence-corrected chi connectivity index (χ0v) is 13.1. The molecule has 0 saturated carbocycles. The first-order chi connectivity index (χ1) is 11.2. The molecule has 0 aliphatic carbocycles. The number of hydrogen-bond donors (Lipinski definition) is 0. The van der Waals surface area contributed by atoms with Crippen LogP contribution in [-0.4, -0.2) is 31.5 Å². The Kier molecular flexibility index (Phi) is 4.14. The van der Waals surface area contributed by atoms with Gasteiger partial charge in [-0.3, -0.25) is 0 Å². The summed E-state index contributed by atoms with van der Waals surface area (Å²) in [5, 5.41) is 8.18. The van der Waals surface area contributed by atoms with E-state index in [0.717, 1.165) is 16.9 Å². The molecular weight excluding hydrogens is 296 g/mol. The first-order valence-electron chi connectivity index (χ1n) is 6.95. The molecule has 0 aliphatic rings. The van der Waals surface area contributed by atoms with Gasteiger partial charge in [0.2, 0.25) is 11.8 Å². The molecule has 0 saturated heterocycles. The second kappa shape index (κ2) is 6.39. The highest BCUT2D eigenvalue weighted by atomic mass is 16.5. The molecule has 0 radical (unpaired) electrons. The second-order valence-corrected chi connectivity index (χ2v) is 4.71. The van der Waals surface area contributed by atoms with Crippen LogP contribution in [0.4, 0.5) is 0 Å². The Morgan fingerprint density at radius 2 is 1.30 bits per heavy atom. The van der Waals surface area contributed by atoms with Crippen molar-refractivity contribution in [3.05, 3.63) is 42.5 Å². The minimum Gasteiger partial charge on any atom is -0.497 e. The van der Waals surface area contributed by atoms with E-state index in [1.807, 2.05) is 30.3 Å². The molecule has 0 N–H and O–H groups in total. The molecule has 0 fully saturated rings. The van der Waals surface area contributed by atoms with Gasteiger partial charge in [-0.2, -0.15) is 0 Å². The molecule has 1 aromatic heterocycles. The summed E-state index contributed by atoms with van der Waals surface area (Å²) in [5.41, 5.74) is 1.58. The van der Waals surface area contributed by atoms with Gasteiger partial charge in [0.05, 0.1) is 21.3 Å². The Morgan fingerprint density at radius 3 is 1.91 bits per heavy atom. The molecular formula is C17H16N2O4. The maximum atomic E-state index is 5.74. The van der Waals surface area contributed by atoms with Crippen molar-refractivity contribution in [2.75, 3.05) is 21.3 Å². The zero-order valence-electron chi connectivity index (χ0n) is 13.1. The minimum absolute atomic E-state index is 0.414. The molecule has 0 spiro atoms. The predicted molar refractivity (Wildman–Crippen MR) is 84.8 cm³/mol. The van der Waals surface area contributed by atoms with Crippen LogP contribution < -0.4 is 14.2 Å². The van der Waals surface area contributed by atoms with Crippen LogP contribution in [0.25, 0.3) is 22.9 Å². The molecule has 0 amide bonds. The third-order valence-corrected chi connectivity index (χ3v) is 3.39. The van der Waals surface area contributed by atoms with Gasteiger partial charge in [0.25, 0.3) is 0 Å². The van der Waals surface area contributed by atoms with Crippen LogP contribution in [0.3, 0.4) is 0 Å². The van der Waals surface area contributed by atoms with Crippen molar-refractivity contribution < 1.29 is 18.6 Å². The number of rotatable bonds is 5. The van der Waals surface area contributed by atoms with E-state index in [0.29, 0.717) is 23.3 Å². The topological polar surface area (TPSA) is 66.6 Å². The minimum atomic E-state index is 0.414. The number of benzene rings is 2. The molecule has 2 aromatic carbocycles. The van der Waals surface area contributed by atoms with Crippen LogP contribution in [-0.2, 0) is 0 Å². The summed E-state index contributed by atoms with van der Waals surface area (Å²) in [4.78, 5) is 0. The number of ether oxygens (including phenoxy) is 3. The van der Waals surface area contributed by atoms with Crippen molar-refractivity contribution in [2.24, 2.45) is 0 Å². The van der Waals surface area contributed by atoms with Crippen LogP contribution in [0.15, 0.2) is 46.9 Å². The molecule has 6 heteroatoms. The van der Waals surface area contributed by atoms with E-state index in [1.54, 1.807) is 33.5 Å². The monoisotopic (exact) mass is 312 g/mol. The van der Waals surface area contributed by atoms with Crippen LogP contribution in [0, 0.1) is 0 Å². The fraction of sp³-hybridized carbons (Fsp3) is 0.176. The third-order valence-electron chi connectivity index (χ3n) is 3.39. The molecule has 0 unspecified atom stereocenters. The molecule has 0 atom stereocenters. The normalized spacial score (nSPS) is 10.4. The van der Waals surface area contributed by atoms with E-state index < -0.39 is 0 Å². The Bertz CT molecular complexity index is 797. The molecule has 23 heavy (non-hydrogen) atoms. The number of aromatic nitrogens is 2. The highest BCUT2D eigenvalue weighted by Crippen LogP contribution is 2.32. The Morgan fingerprint density at radius 1 is 0.696 bits per heavy atom. The highest BCUT2D eigenvalue weighted by Gasteiger charge is 2.13. The molecule has 3 aromatic rings.